The van der Waals surface area contributed by atoms with Gasteiger partial charge in [-0.2, -0.15) is 0 Å². The number of nitrogens with zero attached hydrogens (tertiary/aromatic N) is 8. The zero-order chi connectivity index (χ0) is 90.6. The fourth-order valence-corrected chi connectivity index (χ4v) is 22.3. The maximum atomic E-state index is 5.79. The van der Waals surface area contributed by atoms with Crippen LogP contribution < -0.4 is 0 Å². The van der Waals surface area contributed by atoms with E-state index in [-0.39, 0.29) is 0 Å². The molecule has 0 radical (unpaired) electrons. The summed E-state index contributed by atoms with van der Waals surface area (Å²) in [4.78, 5) is 11.6. The molecule has 0 saturated heterocycles. The minimum absolute atomic E-state index is 0.626. The van der Waals surface area contributed by atoms with E-state index in [0.717, 1.165) is 173 Å². The molecule has 0 amide bonds. The molecular weight excluding hydrogens is 1670 g/mol. The summed E-state index contributed by atoms with van der Waals surface area (Å²) in [7, 11) is 0. The molecule has 8 heteroatoms. The Labute approximate surface area is 794 Å². The van der Waals surface area contributed by atoms with Gasteiger partial charge >= 0.3 is 0 Å². The van der Waals surface area contributed by atoms with Gasteiger partial charge in [-0.1, -0.05) is 297 Å². The smallest absolute Gasteiger partial charge is 0.161 e. The van der Waals surface area contributed by atoms with Gasteiger partial charge in [0.1, 0.15) is 0 Å². The Kier molecular flexibility index (Phi) is 17.9. The molecule has 0 aliphatic carbocycles. The quantitative estimate of drug-likeness (QED) is 0.103. The van der Waals surface area contributed by atoms with E-state index in [9.17, 15) is 0 Å². The second-order valence-corrected chi connectivity index (χ2v) is 36.3. The molecule has 28 rings (SSSR count). The lowest BCUT2D eigenvalue weighted by molar-refractivity contribution is 1.16. The summed E-state index contributed by atoms with van der Waals surface area (Å²) < 4.78 is 14.5. The van der Waals surface area contributed by atoms with E-state index < -0.39 is 0 Å². The zero-order valence-corrected chi connectivity index (χ0v) is 74.9. The molecule has 0 saturated carbocycles. The van der Waals surface area contributed by atoms with E-state index in [1.807, 2.05) is 0 Å². The van der Waals surface area contributed by atoms with Crippen LogP contribution in [0, 0.1) is 0 Å². The van der Waals surface area contributed by atoms with E-state index in [4.69, 9.17) is 9.97 Å². The molecule has 0 spiro atoms. The average molecular weight is 1760 g/mol. The lowest BCUT2D eigenvalue weighted by Gasteiger charge is -2.17. The number of para-hydroxylation sites is 8. The zero-order valence-electron chi connectivity index (χ0n) is 74.9. The molecular formula is C130H82N8. The van der Waals surface area contributed by atoms with Gasteiger partial charge in [-0.05, 0) is 267 Å². The van der Waals surface area contributed by atoms with Crippen molar-refractivity contribution in [3.05, 3.63) is 497 Å². The van der Waals surface area contributed by atoms with Crippen molar-refractivity contribution in [1.82, 2.24) is 37.4 Å². The SMILES string of the molecule is c1ccc(-c2cccc(-c3ccccc3)c2-c2nc(-c3ccc(-n4c5ccc(-c6ccc7c(c6)c6ccccc6n7-c6ccccc6)cc5c5cc(-c6ccc7c(c6)c6ccccc6n7-c6ccccc6)ccc54)cc3)cc(-c3ccc(-n4c5ccc(-c6ccc7c(c6)c6ccccc6n7-c6ccccc6)cc5c5cc(-c6ccc7c(c6)c6ccccc6n7-c6ccccc6)ccc54)cc3)n2)cc1. The van der Waals surface area contributed by atoms with Gasteiger partial charge in [0.05, 0.1) is 77.6 Å². The Bertz CT molecular complexity index is 8800. The summed E-state index contributed by atoms with van der Waals surface area (Å²) in [5.41, 5.74) is 38.3. The largest absolute Gasteiger partial charge is 0.309 e. The van der Waals surface area contributed by atoms with E-state index in [1.54, 1.807) is 0 Å². The Morgan fingerprint density at radius 3 is 0.551 bits per heavy atom. The summed E-state index contributed by atoms with van der Waals surface area (Å²) in [6.07, 6.45) is 0. The second-order valence-electron chi connectivity index (χ2n) is 36.3. The summed E-state index contributed by atoms with van der Waals surface area (Å²) in [5.74, 6) is 0.626. The molecule has 8 nitrogen and oxygen atoms in total. The molecule has 642 valence electrons. The Balaban J connectivity index is 0.596. The van der Waals surface area contributed by atoms with Gasteiger partial charge < -0.3 is 27.4 Å². The predicted octanol–water partition coefficient (Wildman–Crippen LogP) is 34.1. The van der Waals surface area contributed by atoms with E-state index in [2.05, 4.69) is 525 Å². The molecule has 0 bridgehead atoms. The minimum atomic E-state index is 0.626. The van der Waals surface area contributed by atoms with E-state index in [0.29, 0.717) is 5.82 Å². The monoisotopic (exact) mass is 1750 g/mol. The molecule has 0 N–H and O–H groups in total. The number of rotatable bonds is 15. The third kappa shape index (κ3) is 12.6. The van der Waals surface area contributed by atoms with Crippen molar-refractivity contribution in [2.75, 3.05) is 0 Å². The van der Waals surface area contributed by atoms with Gasteiger partial charge in [-0.25, -0.2) is 9.97 Å². The van der Waals surface area contributed by atoms with Crippen molar-refractivity contribution >= 4 is 131 Å². The van der Waals surface area contributed by atoms with Crippen LogP contribution in [0.2, 0.25) is 0 Å². The first-order valence-electron chi connectivity index (χ1n) is 47.3. The van der Waals surface area contributed by atoms with Crippen LogP contribution >= 0.6 is 0 Å². The molecule has 0 atom stereocenters. The van der Waals surface area contributed by atoms with Crippen LogP contribution in [0.3, 0.4) is 0 Å². The van der Waals surface area contributed by atoms with Crippen molar-refractivity contribution in [3.8, 4) is 135 Å². The topological polar surface area (TPSA) is 55.4 Å². The van der Waals surface area contributed by atoms with Crippen molar-refractivity contribution in [2.45, 2.75) is 0 Å². The first-order valence-corrected chi connectivity index (χ1v) is 47.3. The fraction of sp³-hybridized carbons (Fsp3) is 0. The molecule has 7 heterocycles. The van der Waals surface area contributed by atoms with Gasteiger partial charge in [-0.15, -0.1) is 0 Å². The van der Waals surface area contributed by atoms with Crippen LogP contribution in [-0.4, -0.2) is 37.4 Å². The molecule has 7 aromatic heterocycles. The van der Waals surface area contributed by atoms with Crippen LogP contribution in [0.15, 0.2) is 497 Å². The van der Waals surface area contributed by atoms with E-state index in [1.165, 1.54) is 87.2 Å². The Morgan fingerprint density at radius 2 is 0.312 bits per heavy atom. The maximum absolute atomic E-state index is 5.79. The highest BCUT2D eigenvalue weighted by Gasteiger charge is 2.26. The van der Waals surface area contributed by atoms with Gasteiger partial charge in [-0.3, -0.25) is 0 Å². The summed E-state index contributed by atoms with van der Waals surface area (Å²) >= 11 is 0. The Hall–Kier alpha value is -18.5. The van der Waals surface area contributed by atoms with Gasteiger partial charge in [0.2, 0.25) is 0 Å². The van der Waals surface area contributed by atoms with Crippen LogP contribution in [0.4, 0.5) is 0 Å². The minimum Gasteiger partial charge on any atom is -0.309 e. The lowest BCUT2D eigenvalue weighted by atomic mass is 9.91. The van der Waals surface area contributed by atoms with Crippen molar-refractivity contribution in [3.63, 3.8) is 0 Å². The van der Waals surface area contributed by atoms with E-state index >= 15 is 0 Å². The molecule has 0 fully saturated rings. The highest BCUT2D eigenvalue weighted by Crippen LogP contribution is 2.48. The lowest BCUT2D eigenvalue weighted by Crippen LogP contribution is -2.00. The summed E-state index contributed by atoms with van der Waals surface area (Å²) in [6.45, 7) is 0. The molecule has 0 aliphatic rings. The van der Waals surface area contributed by atoms with Crippen molar-refractivity contribution in [1.29, 1.82) is 0 Å². The second kappa shape index (κ2) is 31.6. The number of hydrogen-bond donors (Lipinski definition) is 0. The van der Waals surface area contributed by atoms with Gasteiger partial charge in [0.25, 0.3) is 0 Å². The summed E-state index contributed by atoms with van der Waals surface area (Å²) in [5, 5.41) is 14.4. The number of benzene rings is 21. The van der Waals surface area contributed by atoms with Crippen LogP contribution in [0.1, 0.15) is 0 Å². The standard InChI is InChI=1S/C130H82N8/c1-7-28-83(29-8-1)101-44-27-45-102(84-30-9-2-10-31-84)129(101)130-131-115(85-50-62-99(63-51-85)137-125-70-58-91(87-54-66-121-107(74-87)103-40-19-23-46-117(103)133(121)95-32-11-3-12-33-95)78-111(125)112-79-92(59-71-126(112)137)88-55-67-122-108(75-88)104-41-20-24-47-118(104)134(122)96-34-13-4-14-35-96)82-116(132-130)86-52-64-100(65-53-86)138-127-72-60-93(89-56-68-123-109(76-89)105-42-21-25-48-119(105)135(123)97-36-15-5-16-37-97)80-113(127)114-81-94(61-73-128(114)138)90-57-69-124-110(77-90)106-43-22-26-49-120(106)136(124)98-38-17-6-18-39-98/h1-82H. The third-order valence-corrected chi connectivity index (χ3v) is 28.6. The highest BCUT2D eigenvalue weighted by molar-refractivity contribution is 6.18. The average Bonchev–Trinajstić information content (AvgIpc) is 1.55. The highest BCUT2D eigenvalue weighted by atomic mass is 15.0. The third-order valence-electron chi connectivity index (χ3n) is 28.6. The van der Waals surface area contributed by atoms with Gasteiger partial charge in [0, 0.05) is 115 Å². The van der Waals surface area contributed by atoms with Crippen LogP contribution in [0.5, 0.6) is 0 Å². The normalized spacial score (nSPS) is 11.9. The van der Waals surface area contributed by atoms with Crippen LogP contribution in [-0.2, 0) is 0 Å². The first kappa shape index (κ1) is 78.2. The number of fused-ring (bicyclic) bond motifs is 18. The maximum Gasteiger partial charge on any atom is 0.161 e. The fourth-order valence-electron chi connectivity index (χ4n) is 22.3. The molecule has 21 aromatic carbocycles. The van der Waals surface area contributed by atoms with Gasteiger partial charge in [0.15, 0.2) is 5.82 Å². The summed E-state index contributed by atoms with van der Waals surface area (Å²) in [6, 6.07) is 183. The predicted molar refractivity (Wildman–Crippen MR) is 577 cm³/mol. The van der Waals surface area contributed by atoms with Crippen LogP contribution in [0.25, 0.3) is 266 Å². The van der Waals surface area contributed by atoms with Crippen molar-refractivity contribution < 1.29 is 0 Å². The number of aromatic nitrogens is 8. The number of hydrogen-bond acceptors (Lipinski definition) is 2. The molecule has 0 aliphatic heterocycles. The first-order chi connectivity index (χ1) is 68.4. The molecule has 138 heavy (non-hydrogen) atoms. The molecule has 28 aromatic rings. The Morgan fingerprint density at radius 1 is 0.123 bits per heavy atom. The molecule has 0 unspecified atom stereocenters. The van der Waals surface area contributed by atoms with Crippen molar-refractivity contribution in [2.24, 2.45) is 0 Å².